The van der Waals surface area contributed by atoms with Crippen LogP contribution in [0.25, 0.3) is 0 Å². The predicted molar refractivity (Wildman–Crippen MR) is 66.6 cm³/mol. The predicted octanol–water partition coefficient (Wildman–Crippen LogP) is 0.265. The summed E-state index contributed by atoms with van der Waals surface area (Å²) in [4.78, 5) is 15.8. The number of ether oxygens (including phenoxy) is 2. The Morgan fingerprint density at radius 1 is 1.50 bits per heavy atom. The molecule has 1 saturated heterocycles. The van der Waals surface area contributed by atoms with Gasteiger partial charge in [0.2, 0.25) is 11.8 Å². The number of methoxy groups -OCH3 is 1. The fourth-order valence-corrected chi connectivity index (χ4v) is 1.49. The SMILES string of the molecule is COCCOc1ccc(NC(=O)C2CNC2)cn1. The van der Waals surface area contributed by atoms with Gasteiger partial charge in [0, 0.05) is 26.3 Å². The van der Waals surface area contributed by atoms with Gasteiger partial charge >= 0.3 is 0 Å². The van der Waals surface area contributed by atoms with Crippen molar-refractivity contribution in [1.29, 1.82) is 0 Å². The number of rotatable bonds is 6. The quantitative estimate of drug-likeness (QED) is 0.710. The van der Waals surface area contributed by atoms with Crippen LogP contribution in [-0.2, 0) is 9.53 Å². The highest BCUT2D eigenvalue weighted by Gasteiger charge is 2.24. The Morgan fingerprint density at radius 2 is 2.33 bits per heavy atom. The molecule has 2 heterocycles. The first-order chi connectivity index (χ1) is 8.79. The molecule has 1 fully saturated rings. The van der Waals surface area contributed by atoms with Crippen LogP contribution < -0.4 is 15.4 Å². The van der Waals surface area contributed by atoms with Gasteiger partial charge in [0.15, 0.2) is 0 Å². The summed E-state index contributed by atoms with van der Waals surface area (Å²) in [5.74, 6) is 0.626. The molecule has 1 aliphatic heterocycles. The maximum atomic E-state index is 11.7. The largest absolute Gasteiger partial charge is 0.475 e. The number of anilines is 1. The van der Waals surface area contributed by atoms with Gasteiger partial charge in [0.25, 0.3) is 0 Å². The second-order valence-electron chi connectivity index (χ2n) is 4.07. The van der Waals surface area contributed by atoms with Crippen molar-refractivity contribution in [3.63, 3.8) is 0 Å². The lowest BCUT2D eigenvalue weighted by Crippen LogP contribution is -2.48. The third-order valence-electron chi connectivity index (χ3n) is 2.69. The molecule has 6 nitrogen and oxygen atoms in total. The molecule has 18 heavy (non-hydrogen) atoms. The summed E-state index contributed by atoms with van der Waals surface area (Å²) in [6.07, 6.45) is 1.59. The minimum atomic E-state index is 0.0311. The minimum Gasteiger partial charge on any atom is -0.475 e. The first kappa shape index (κ1) is 12.8. The van der Waals surface area contributed by atoms with Crippen molar-refractivity contribution in [2.75, 3.05) is 38.7 Å². The third-order valence-corrected chi connectivity index (χ3v) is 2.69. The van der Waals surface area contributed by atoms with E-state index in [4.69, 9.17) is 9.47 Å². The first-order valence-electron chi connectivity index (χ1n) is 5.89. The number of hydrogen-bond acceptors (Lipinski definition) is 5. The zero-order valence-electron chi connectivity index (χ0n) is 10.3. The van der Waals surface area contributed by atoms with Gasteiger partial charge in [-0.15, -0.1) is 0 Å². The van der Waals surface area contributed by atoms with Gasteiger partial charge in [-0.05, 0) is 6.07 Å². The van der Waals surface area contributed by atoms with E-state index >= 15 is 0 Å². The fourth-order valence-electron chi connectivity index (χ4n) is 1.49. The summed E-state index contributed by atoms with van der Waals surface area (Å²) in [6, 6.07) is 3.50. The van der Waals surface area contributed by atoms with Crippen LogP contribution in [0.3, 0.4) is 0 Å². The molecule has 0 spiro atoms. The molecule has 2 N–H and O–H groups in total. The molecule has 1 aromatic heterocycles. The van der Waals surface area contributed by atoms with Crippen LogP contribution >= 0.6 is 0 Å². The Bertz CT molecular complexity index is 390. The molecule has 1 amide bonds. The van der Waals surface area contributed by atoms with E-state index in [1.807, 2.05) is 0 Å². The standard InChI is InChI=1S/C12H17N3O3/c1-17-4-5-18-11-3-2-10(8-14-11)15-12(16)9-6-13-7-9/h2-3,8-9,13H,4-7H2,1H3,(H,15,16). The van der Waals surface area contributed by atoms with E-state index in [-0.39, 0.29) is 11.8 Å². The van der Waals surface area contributed by atoms with Crippen molar-refractivity contribution < 1.29 is 14.3 Å². The average Bonchev–Trinajstić information content (AvgIpc) is 2.29. The van der Waals surface area contributed by atoms with Gasteiger partial charge in [0.1, 0.15) is 6.61 Å². The molecule has 1 aromatic rings. The number of hydrogen-bond donors (Lipinski definition) is 2. The topological polar surface area (TPSA) is 72.5 Å². The number of aromatic nitrogens is 1. The van der Waals surface area contributed by atoms with E-state index in [2.05, 4.69) is 15.6 Å². The molecule has 1 aliphatic rings. The van der Waals surface area contributed by atoms with Crippen LogP contribution in [0.5, 0.6) is 5.88 Å². The molecule has 0 atom stereocenters. The number of nitrogens with one attached hydrogen (secondary N) is 2. The van der Waals surface area contributed by atoms with Crippen molar-refractivity contribution in [1.82, 2.24) is 10.3 Å². The summed E-state index contributed by atoms with van der Waals surface area (Å²) in [7, 11) is 1.62. The molecule has 0 aliphatic carbocycles. The van der Waals surface area contributed by atoms with Crippen molar-refractivity contribution >= 4 is 11.6 Å². The van der Waals surface area contributed by atoms with Crippen LogP contribution in [0, 0.1) is 5.92 Å². The molecule has 0 unspecified atom stereocenters. The molecular formula is C12H17N3O3. The van der Waals surface area contributed by atoms with Gasteiger partial charge in [-0.1, -0.05) is 0 Å². The van der Waals surface area contributed by atoms with E-state index in [9.17, 15) is 4.79 Å². The van der Waals surface area contributed by atoms with Crippen LogP contribution in [-0.4, -0.2) is 44.3 Å². The summed E-state index contributed by atoms with van der Waals surface area (Å²) >= 11 is 0. The first-order valence-corrected chi connectivity index (χ1v) is 5.89. The zero-order valence-corrected chi connectivity index (χ0v) is 10.3. The Morgan fingerprint density at radius 3 is 2.89 bits per heavy atom. The maximum absolute atomic E-state index is 11.7. The van der Waals surface area contributed by atoms with Crippen molar-refractivity contribution in [3.05, 3.63) is 18.3 Å². The lowest BCUT2D eigenvalue weighted by molar-refractivity contribution is -0.121. The smallest absolute Gasteiger partial charge is 0.230 e. The van der Waals surface area contributed by atoms with E-state index < -0.39 is 0 Å². The molecule has 6 heteroatoms. The van der Waals surface area contributed by atoms with Gasteiger partial charge in [0.05, 0.1) is 24.4 Å². The molecule has 0 bridgehead atoms. The maximum Gasteiger partial charge on any atom is 0.230 e. The Balaban J connectivity index is 1.81. The van der Waals surface area contributed by atoms with Crippen molar-refractivity contribution in [3.8, 4) is 5.88 Å². The highest BCUT2D eigenvalue weighted by molar-refractivity contribution is 5.93. The van der Waals surface area contributed by atoms with Crippen LogP contribution in [0.2, 0.25) is 0 Å². The van der Waals surface area contributed by atoms with E-state index in [0.717, 1.165) is 13.1 Å². The molecular weight excluding hydrogens is 234 g/mol. The number of nitrogens with zero attached hydrogens (tertiary/aromatic N) is 1. The summed E-state index contributed by atoms with van der Waals surface area (Å²) in [5.41, 5.74) is 0.686. The van der Waals surface area contributed by atoms with Crippen molar-refractivity contribution in [2.45, 2.75) is 0 Å². The van der Waals surface area contributed by atoms with Gasteiger partial charge in [-0.2, -0.15) is 0 Å². The van der Waals surface area contributed by atoms with Crippen LogP contribution in [0.4, 0.5) is 5.69 Å². The Labute approximate surface area is 106 Å². The number of amides is 1. The number of carbonyl (C=O) groups is 1. The Kier molecular flexibility index (Phi) is 4.49. The van der Waals surface area contributed by atoms with Gasteiger partial charge < -0.3 is 20.1 Å². The minimum absolute atomic E-state index is 0.0311. The molecule has 0 saturated carbocycles. The highest BCUT2D eigenvalue weighted by atomic mass is 16.5. The average molecular weight is 251 g/mol. The molecule has 2 rings (SSSR count). The second kappa shape index (κ2) is 6.32. The lowest BCUT2D eigenvalue weighted by Gasteiger charge is -2.25. The monoisotopic (exact) mass is 251 g/mol. The van der Waals surface area contributed by atoms with Gasteiger partial charge in [-0.25, -0.2) is 4.98 Å². The molecule has 98 valence electrons. The summed E-state index contributed by atoms with van der Waals surface area (Å²) in [6.45, 7) is 2.48. The van der Waals surface area contributed by atoms with E-state index in [0.29, 0.717) is 24.8 Å². The van der Waals surface area contributed by atoms with Gasteiger partial charge in [-0.3, -0.25) is 4.79 Å². The lowest BCUT2D eigenvalue weighted by atomic mass is 10.0. The summed E-state index contributed by atoms with van der Waals surface area (Å²) in [5, 5.41) is 5.87. The summed E-state index contributed by atoms with van der Waals surface area (Å²) < 4.78 is 10.2. The highest BCUT2D eigenvalue weighted by Crippen LogP contribution is 2.13. The second-order valence-corrected chi connectivity index (χ2v) is 4.07. The molecule has 0 aromatic carbocycles. The van der Waals surface area contributed by atoms with E-state index in [1.165, 1.54) is 0 Å². The molecule has 0 radical (unpaired) electrons. The van der Waals surface area contributed by atoms with Crippen LogP contribution in [0.15, 0.2) is 18.3 Å². The Hall–Kier alpha value is -1.66. The van der Waals surface area contributed by atoms with Crippen LogP contribution in [0.1, 0.15) is 0 Å². The normalized spacial score (nSPS) is 14.9. The number of pyridine rings is 1. The zero-order chi connectivity index (χ0) is 12.8. The van der Waals surface area contributed by atoms with Crippen molar-refractivity contribution in [2.24, 2.45) is 5.92 Å². The fraction of sp³-hybridized carbons (Fsp3) is 0.500. The number of carbonyl (C=O) groups excluding carboxylic acids is 1. The van der Waals surface area contributed by atoms with E-state index in [1.54, 1.807) is 25.4 Å². The third kappa shape index (κ3) is 3.41.